The summed E-state index contributed by atoms with van der Waals surface area (Å²) >= 11 is 13.1. The number of esters is 1. The van der Waals surface area contributed by atoms with Crippen molar-refractivity contribution in [3.8, 4) is 5.75 Å². The smallest absolute Gasteiger partial charge is 0.425 e. The number of hydrogen-bond donors (Lipinski definition) is 1. The second kappa shape index (κ2) is 16.8. The maximum Gasteiger partial charge on any atom is 0.425 e. The third kappa shape index (κ3) is 13.2. The van der Waals surface area contributed by atoms with Crippen LogP contribution >= 0.6 is 23.2 Å². The zero-order valence-corrected chi connectivity index (χ0v) is 33.9. The molecular formula is C36H50Cl2N6O9. The number of amides is 3. The van der Waals surface area contributed by atoms with Crippen molar-refractivity contribution >= 4 is 64.4 Å². The van der Waals surface area contributed by atoms with Crippen LogP contribution in [0, 0.1) is 0 Å². The number of alkyl carbamates (subject to hydrolysis) is 1. The summed E-state index contributed by atoms with van der Waals surface area (Å²) in [6.45, 7) is 20.5. The molecule has 0 aliphatic heterocycles. The molecule has 0 aliphatic rings. The van der Waals surface area contributed by atoms with Gasteiger partial charge in [0.25, 0.3) is 0 Å². The minimum absolute atomic E-state index is 0.0568. The Kier molecular flexibility index (Phi) is 13.6. The van der Waals surface area contributed by atoms with E-state index in [9.17, 15) is 19.2 Å². The Labute approximate surface area is 320 Å². The topological polar surface area (TPSA) is 173 Å². The van der Waals surface area contributed by atoms with Crippen LogP contribution in [0.2, 0.25) is 10.0 Å². The molecule has 53 heavy (non-hydrogen) atoms. The largest absolute Gasteiger partial charge is 0.493 e. The van der Waals surface area contributed by atoms with E-state index in [0.29, 0.717) is 22.6 Å². The zero-order chi connectivity index (χ0) is 40.1. The molecule has 2 aromatic heterocycles. The molecule has 0 fully saturated rings. The minimum Gasteiger partial charge on any atom is -0.493 e. The third-order valence-electron chi connectivity index (χ3n) is 6.50. The second-order valence-electron chi connectivity index (χ2n) is 16.1. The van der Waals surface area contributed by atoms with E-state index < -0.39 is 52.7 Å². The molecule has 1 atom stereocenters. The Morgan fingerprint density at radius 1 is 0.792 bits per heavy atom. The van der Waals surface area contributed by atoms with Gasteiger partial charge in [-0.3, -0.25) is 0 Å². The van der Waals surface area contributed by atoms with Gasteiger partial charge in [0, 0.05) is 5.56 Å². The number of rotatable bonds is 10. The van der Waals surface area contributed by atoms with Gasteiger partial charge >= 0.3 is 24.2 Å². The lowest BCUT2D eigenvalue weighted by atomic mass is 10.1. The van der Waals surface area contributed by atoms with Crippen LogP contribution < -0.4 is 15.0 Å². The molecule has 17 heteroatoms. The SMILES string of the molecule is CC(C)(C)OC(=O)N[C@H](CCCOc1ccc(Cl)c(Cl)c1Cn1cnc2c(N(C(=O)OC(C)(C)C)C(=O)OC(C)(C)C)ncnc21)C(=O)OC(C)(C)C. The summed E-state index contributed by atoms with van der Waals surface area (Å²) in [6, 6.07) is 2.25. The van der Waals surface area contributed by atoms with Crippen molar-refractivity contribution in [1.82, 2.24) is 24.8 Å². The number of carbonyl (C=O) groups is 4. The van der Waals surface area contributed by atoms with Crippen LogP contribution in [0.1, 0.15) is 101 Å². The fourth-order valence-corrected chi connectivity index (χ4v) is 4.97. The summed E-state index contributed by atoms with van der Waals surface area (Å²) in [5, 5.41) is 3.08. The van der Waals surface area contributed by atoms with Crippen molar-refractivity contribution in [2.75, 3.05) is 11.5 Å². The van der Waals surface area contributed by atoms with Gasteiger partial charge in [-0.15, -0.1) is 0 Å². The number of imidazole rings is 1. The molecule has 2 heterocycles. The van der Waals surface area contributed by atoms with Gasteiger partial charge in [-0.2, -0.15) is 4.90 Å². The van der Waals surface area contributed by atoms with Crippen LogP contribution in [-0.4, -0.2) is 78.8 Å². The third-order valence-corrected chi connectivity index (χ3v) is 7.35. The van der Waals surface area contributed by atoms with Gasteiger partial charge in [-0.1, -0.05) is 23.2 Å². The van der Waals surface area contributed by atoms with E-state index in [-0.39, 0.29) is 46.6 Å². The number of benzene rings is 1. The van der Waals surface area contributed by atoms with Crippen LogP contribution in [0.3, 0.4) is 0 Å². The normalized spacial score (nSPS) is 12.9. The molecule has 3 rings (SSSR count). The Bertz CT molecular complexity index is 1780. The molecule has 3 aromatic rings. The first kappa shape index (κ1) is 43.0. The van der Waals surface area contributed by atoms with E-state index in [0.717, 1.165) is 0 Å². The lowest BCUT2D eigenvalue weighted by molar-refractivity contribution is -0.157. The highest BCUT2D eigenvalue weighted by Crippen LogP contribution is 2.35. The zero-order valence-electron chi connectivity index (χ0n) is 32.4. The standard InChI is InChI=1S/C36H50Cl2N6O9/c1-33(2,3)50-29(45)23(42-30(46)51-34(4,5)6)14-13-17-49-24-16-15-22(37)25(38)21(24)18-43-20-41-26-27(43)39-19-40-28(26)44(31(47)52-35(7,8)9)32(48)53-36(10,11)12/h15-16,19-20,23H,13-14,17-18H2,1-12H3,(H,42,46)/t23-/m1/s1. The molecule has 0 unspecified atom stereocenters. The van der Waals surface area contributed by atoms with Crippen molar-refractivity contribution in [2.45, 2.75) is 131 Å². The maximum absolute atomic E-state index is 13.3. The lowest BCUT2D eigenvalue weighted by Crippen LogP contribution is -2.46. The van der Waals surface area contributed by atoms with Crippen molar-refractivity contribution in [2.24, 2.45) is 0 Å². The Hall–Kier alpha value is -4.37. The van der Waals surface area contributed by atoms with Crippen LogP contribution in [0.5, 0.6) is 5.75 Å². The predicted octanol–water partition coefficient (Wildman–Crippen LogP) is 8.25. The summed E-state index contributed by atoms with van der Waals surface area (Å²) < 4.78 is 29.6. The number of carbonyl (C=O) groups excluding carboxylic acids is 4. The van der Waals surface area contributed by atoms with Gasteiger partial charge in [-0.05, 0) is 108 Å². The first-order chi connectivity index (χ1) is 24.2. The first-order valence-electron chi connectivity index (χ1n) is 17.0. The van der Waals surface area contributed by atoms with Crippen LogP contribution in [0.4, 0.5) is 20.2 Å². The average molecular weight is 782 g/mol. The molecule has 0 saturated heterocycles. The second-order valence-corrected chi connectivity index (χ2v) is 16.9. The van der Waals surface area contributed by atoms with E-state index in [1.54, 1.807) is 99.8 Å². The van der Waals surface area contributed by atoms with Crippen molar-refractivity contribution in [3.63, 3.8) is 0 Å². The van der Waals surface area contributed by atoms with Crippen molar-refractivity contribution in [3.05, 3.63) is 40.4 Å². The molecule has 0 aliphatic carbocycles. The summed E-state index contributed by atoms with van der Waals surface area (Å²) in [6.07, 6.45) is 0.370. The number of ether oxygens (including phenoxy) is 5. The Morgan fingerprint density at radius 3 is 1.91 bits per heavy atom. The highest BCUT2D eigenvalue weighted by molar-refractivity contribution is 6.42. The van der Waals surface area contributed by atoms with Crippen LogP contribution in [-0.2, 0) is 30.3 Å². The number of halogens is 2. The van der Waals surface area contributed by atoms with E-state index in [1.807, 2.05) is 0 Å². The van der Waals surface area contributed by atoms with E-state index in [4.69, 9.17) is 46.9 Å². The summed E-state index contributed by atoms with van der Waals surface area (Å²) in [5.41, 5.74) is -2.58. The Morgan fingerprint density at radius 2 is 1.36 bits per heavy atom. The van der Waals surface area contributed by atoms with Gasteiger partial charge in [0.1, 0.15) is 40.5 Å². The fourth-order valence-electron chi connectivity index (χ4n) is 4.58. The van der Waals surface area contributed by atoms with E-state index in [2.05, 4.69) is 20.3 Å². The van der Waals surface area contributed by atoms with Gasteiger partial charge in [-0.25, -0.2) is 34.1 Å². The minimum atomic E-state index is -1.01. The fraction of sp³-hybridized carbons (Fsp3) is 0.583. The molecule has 292 valence electrons. The van der Waals surface area contributed by atoms with Crippen LogP contribution in [0.15, 0.2) is 24.8 Å². The monoisotopic (exact) mass is 780 g/mol. The lowest BCUT2D eigenvalue weighted by Gasteiger charge is -2.28. The average Bonchev–Trinajstić information content (AvgIpc) is 3.38. The highest BCUT2D eigenvalue weighted by Gasteiger charge is 2.36. The van der Waals surface area contributed by atoms with E-state index in [1.165, 1.54) is 12.7 Å². The molecule has 1 aromatic carbocycles. The summed E-state index contributed by atoms with van der Waals surface area (Å²) in [5.74, 6) is -0.372. The number of nitrogens with one attached hydrogen (secondary N) is 1. The molecule has 1 N–H and O–H groups in total. The molecule has 0 radical (unpaired) electrons. The van der Waals surface area contributed by atoms with Crippen molar-refractivity contribution < 1.29 is 42.9 Å². The predicted molar refractivity (Wildman–Crippen MR) is 200 cm³/mol. The number of nitrogens with zero attached hydrogens (tertiary/aromatic N) is 5. The number of hydrogen-bond acceptors (Lipinski definition) is 12. The number of imide groups is 1. The number of fused-ring (bicyclic) bond motifs is 1. The van der Waals surface area contributed by atoms with Crippen LogP contribution in [0.25, 0.3) is 11.2 Å². The highest BCUT2D eigenvalue weighted by atomic mass is 35.5. The molecule has 15 nitrogen and oxygen atoms in total. The quantitative estimate of drug-likeness (QED) is 0.119. The number of anilines is 1. The maximum atomic E-state index is 13.3. The van der Waals surface area contributed by atoms with E-state index >= 15 is 0 Å². The van der Waals surface area contributed by atoms with Gasteiger partial charge in [0.15, 0.2) is 17.0 Å². The van der Waals surface area contributed by atoms with Gasteiger partial charge < -0.3 is 33.6 Å². The molecule has 0 bridgehead atoms. The Balaban J connectivity index is 1.89. The molecule has 3 amide bonds. The van der Waals surface area contributed by atoms with Gasteiger partial charge in [0.05, 0.1) is 29.5 Å². The molecular weight excluding hydrogens is 731 g/mol. The summed E-state index contributed by atoms with van der Waals surface area (Å²) in [7, 11) is 0. The first-order valence-corrected chi connectivity index (χ1v) is 17.7. The molecule has 0 spiro atoms. The molecule has 0 saturated carbocycles. The van der Waals surface area contributed by atoms with Crippen molar-refractivity contribution in [1.29, 1.82) is 0 Å². The number of aromatic nitrogens is 4. The summed E-state index contributed by atoms with van der Waals surface area (Å²) in [4.78, 5) is 65.8. The van der Waals surface area contributed by atoms with Gasteiger partial charge in [0.2, 0.25) is 0 Å².